The zero-order valence-corrected chi connectivity index (χ0v) is 9.32. The molecule has 0 saturated heterocycles. The fourth-order valence-corrected chi connectivity index (χ4v) is 1.14. The molecule has 16 heavy (non-hydrogen) atoms. The predicted molar refractivity (Wildman–Crippen MR) is 60.0 cm³/mol. The topological polar surface area (TPSA) is 73.1 Å². The number of phenols is 1. The molecular formula is C12H14N2O2. The van der Waals surface area contributed by atoms with E-state index in [0.29, 0.717) is 12.1 Å². The molecule has 1 rings (SSSR count). The number of amides is 1. The number of carbonyl (C=O) groups is 1. The molecule has 0 aliphatic heterocycles. The first-order valence-electron chi connectivity index (χ1n) is 5.02. The van der Waals surface area contributed by atoms with Crippen LogP contribution in [0.15, 0.2) is 18.2 Å². The van der Waals surface area contributed by atoms with Gasteiger partial charge >= 0.3 is 0 Å². The van der Waals surface area contributed by atoms with Crippen LogP contribution >= 0.6 is 0 Å². The van der Waals surface area contributed by atoms with Crippen molar-refractivity contribution in [1.82, 2.24) is 5.32 Å². The third-order valence-corrected chi connectivity index (χ3v) is 2.26. The summed E-state index contributed by atoms with van der Waals surface area (Å²) in [6.07, 6.45) is 0. The average Bonchev–Trinajstić information content (AvgIpc) is 2.29. The van der Waals surface area contributed by atoms with Crippen molar-refractivity contribution in [3.8, 4) is 11.8 Å². The number of hydrogen-bond donors (Lipinski definition) is 2. The monoisotopic (exact) mass is 218 g/mol. The first-order chi connectivity index (χ1) is 7.54. The molecule has 4 nitrogen and oxygen atoms in total. The lowest BCUT2D eigenvalue weighted by Gasteiger charge is -2.07. The van der Waals surface area contributed by atoms with Crippen molar-refractivity contribution in [2.75, 3.05) is 6.54 Å². The average molecular weight is 218 g/mol. The zero-order valence-electron chi connectivity index (χ0n) is 9.32. The van der Waals surface area contributed by atoms with Crippen molar-refractivity contribution < 1.29 is 9.90 Å². The van der Waals surface area contributed by atoms with Crippen LogP contribution in [0, 0.1) is 24.2 Å². The zero-order chi connectivity index (χ0) is 12.1. The van der Waals surface area contributed by atoms with Gasteiger partial charge in [-0.1, -0.05) is 6.07 Å². The van der Waals surface area contributed by atoms with Crippen molar-refractivity contribution in [3.05, 3.63) is 29.3 Å². The second-order valence-electron chi connectivity index (χ2n) is 3.74. The number of benzene rings is 1. The van der Waals surface area contributed by atoms with Crippen LogP contribution in [0.25, 0.3) is 0 Å². The first-order valence-corrected chi connectivity index (χ1v) is 5.02. The molecule has 0 radical (unpaired) electrons. The molecule has 4 heteroatoms. The van der Waals surface area contributed by atoms with E-state index in [1.54, 1.807) is 26.0 Å². The highest BCUT2D eigenvalue weighted by atomic mass is 16.3. The fourth-order valence-electron chi connectivity index (χ4n) is 1.14. The van der Waals surface area contributed by atoms with Crippen molar-refractivity contribution in [2.24, 2.45) is 5.92 Å². The molecule has 0 bridgehead atoms. The van der Waals surface area contributed by atoms with E-state index in [4.69, 9.17) is 5.26 Å². The van der Waals surface area contributed by atoms with Crippen LogP contribution in [-0.2, 0) is 0 Å². The molecule has 1 amide bonds. The minimum Gasteiger partial charge on any atom is -0.508 e. The van der Waals surface area contributed by atoms with Gasteiger partial charge in [0.15, 0.2) is 0 Å². The van der Waals surface area contributed by atoms with Gasteiger partial charge in [0.05, 0.1) is 12.0 Å². The molecule has 0 aliphatic rings. The summed E-state index contributed by atoms with van der Waals surface area (Å²) in [4.78, 5) is 11.6. The Labute approximate surface area is 94.5 Å². The Morgan fingerprint density at radius 2 is 2.31 bits per heavy atom. The number of aromatic hydroxyl groups is 1. The minimum absolute atomic E-state index is 0.0981. The van der Waals surface area contributed by atoms with Gasteiger partial charge in [-0.25, -0.2) is 0 Å². The molecule has 0 fully saturated rings. The van der Waals surface area contributed by atoms with Gasteiger partial charge in [-0.05, 0) is 31.5 Å². The van der Waals surface area contributed by atoms with Gasteiger partial charge in [0, 0.05) is 12.1 Å². The Bertz CT molecular complexity index is 435. The lowest BCUT2D eigenvalue weighted by molar-refractivity contribution is 0.0950. The van der Waals surface area contributed by atoms with Crippen LogP contribution in [0.3, 0.4) is 0 Å². The number of hydrogen-bond acceptors (Lipinski definition) is 3. The summed E-state index contributed by atoms with van der Waals surface area (Å²) in [5.74, 6) is -0.402. The van der Waals surface area contributed by atoms with Crippen molar-refractivity contribution in [1.29, 1.82) is 5.26 Å². The standard InChI is InChI=1S/C12H14N2O2/c1-8(6-13)7-14-12(16)10-4-3-9(2)11(15)5-10/h3-5,8,15H,7H2,1-2H3,(H,14,16). The molecule has 0 heterocycles. The highest BCUT2D eigenvalue weighted by Gasteiger charge is 2.08. The lowest BCUT2D eigenvalue weighted by atomic mass is 10.1. The van der Waals surface area contributed by atoms with E-state index in [9.17, 15) is 9.90 Å². The van der Waals surface area contributed by atoms with Crippen LogP contribution in [0.2, 0.25) is 0 Å². The molecule has 1 aromatic carbocycles. The summed E-state index contributed by atoms with van der Waals surface area (Å²) in [5.41, 5.74) is 1.12. The van der Waals surface area contributed by atoms with E-state index >= 15 is 0 Å². The number of phenolic OH excluding ortho intramolecular Hbond substituents is 1. The van der Waals surface area contributed by atoms with Gasteiger partial charge in [0.25, 0.3) is 5.91 Å². The number of carbonyl (C=O) groups excluding carboxylic acids is 1. The van der Waals surface area contributed by atoms with Crippen molar-refractivity contribution in [3.63, 3.8) is 0 Å². The molecule has 1 aromatic rings. The lowest BCUT2D eigenvalue weighted by Crippen LogP contribution is -2.27. The molecule has 0 aromatic heterocycles. The van der Waals surface area contributed by atoms with Crippen LogP contribution in [0.4, 0.5) is 0 Å². The van der Waals surface area contributed by atoms with E-state index < -0.39 is 0 Å². The predicted octanol–water partition coefficient (Wildman–Crippen LogP) is 1.59. The van der Waals surface area contributed by atoms with E-state index in [1.807, 2.05) is 6.07 Å². The fraction of sp³-hybridized carbons (Fsp3) is 0.333. The molecule has 2 N–H and O–H groups in total. The third kappa shape index (κ3) is 2.99. The summed E-state index contributed by atoms with van der Waals surface area (Å²) >= 11 is 0. The Hall–Kier alpha value is -2.02. The van der Waals surface area contributed by atoms with Crippen LogP contribution in [0.1, 0.15) is 22.8 Å². The highest BCUT2D eigenvalue weighted by molar-refractivity contribution is 5.94. The molecule has 1 atom stereocenters. The third-order valence-electron chi connectivity index (χ3n) is 2.26. The van der Waals surface area contributed by atoms with Crippen LogP contribution in [0.5, 0.6) is 5.75 Å². The summed E-state index contributed by atoms with van der Waals surface area (Å²) < 4.78 is 0. The molecule has 0 saturated carbocycles. The van der Waals surface area contributed by atoms with Gasteiger partial charge in [-0.3, -0.25) is 4.79 Å². The van der Waals surface area contributed by atoms with E-state index in [2.05, 4.69) is 5.32 Å². The maximum atomic E-state index is 11.6. The quantitative estimate of drug-likeness (QED) is 0.809. The summed E-state index contributed by atoms with van der Waals surface area (Å²) in [7, 11) is 0. The molecular weight excluding hydrogens is 204 g/mol. The normalized spacial score (nSPS) is 11.6. The van der Waals surface area contributed by atoms with Gasteiger partial charge in [-0.2, -0.15) is 5.26 Å². The maximum Gasteiger partial charge on any atom is 0.251 e. The highest BCUT2D eigenvalue weighted by Crippen LogP contribution is 2.17. The number of nitrogens with zero attached hydrogens (tertiary/aromatic N) is 1. The van der Waals surface area contributed by atoms with Gasteiger partial charge in [0.2, 0.25) is 0 Å². The van der Waals surface area contributed by atoms with Gasteiger partial charge < -0.3 is 10.4 Å². The Balaban J connectivity index is 2.67. The summed E-state index contributed by atoms with van der Waals surface area (Å²) in [6, 6.07) is 6.77. The summed E-state index contributed by atoms with van der Waals surface area (Å²) in [5, 5.41) is 20.6. The van der Waals surface area contributed by atoms with Gasteiger partial charge in [-0.15, -0.1) is 0 Å². The molecule has 1 unspecified atom stereocenters. The largest absolute Gasteiger partial charge is 0.508 e. The Kier molecular flexibility index (Phi) is 3.90. The number of nitriles is 1. The molecule has 84 valence electrons. The minimum atomic E-state index is -0.280. The molecule has 0 aliphatic carbocycles. The molecule has 0 spiro atoms. The van der Waals surface area contributed by atoms with Crippen LogP contribution < -0.4 is 5.32 Å². The van der Waals surface area contributed by atoms with E-state index in [0.717, 1.165) is 5.56 Å². The van der Waals surface area contributed by atoms with Crippen LogP contribution in [-0.4, -0.2) is 17.6 Å². The first kappa shape index (κ1) is 12.1. The Morgan fingerprint density at radius 1 is 1.62 bits per heavy atom. The smallest absolute Gasteiger partial charge is 0.251 e. The summed E-state index contributed by atoms with van der Waals surface area (Å²) in [6.45, 7) is 3.80. The Morgan fingerprint density at radius 3 is 2.88 bits per heavy atom. The van der Waals surface area contributed by atoms with Gasteiger partial charge in [0.1, 0.15) is 5.75 Å². The second kappa shape index (κ2) is 5.17. The number of aryl methyl sites for hydroxylation is 1. The SMILES string of the molecule is Cc1ccc(C(=O)NCC(C)C#N)cc1O. The number of nitrogens with one attached hydrogen (secondary N) is 1. The van der Waals surface area contributed by atoms with Crippen molar-refractivity contribution in [2.45, 2.75) is 13.8 Å². The maximum absolute atomic E-state index is 11.6. The van der Waals surface area contributed by atoms with E-state index in [-0.39, 0.29) is 17.6 Å². The van der Waals surface area contributed by atoms with Crippen molar-refractivity contribution >= 4 is 5.91 Å². The second-order valence-corrected chi connectivity index (χ2v) is 3.74. The number of rotatable bonds is 3. The van der Waals surface area contributed by atoms with E-state index in [1.165, 1.54) is 6.07 Å².